The summed E-state index contributed by atoms with van der Waals surface area (Å²) in [6.07, 6.45) is 2.57. The first-order valence-electron chi connectivity index (χ1n) is 10.9. The molecule has 9 heteroatoms. The maximum absolute atomic E-state index is 12.9. The molecule has 0 saturated heterocycles. The number of hydrogen-bond donors (Lipinski definition) is 2. The van der Waals surface area contributed by atoms with Gasteiger partial charge in [0.2, 0.25) is 5.91 Å². The highest BCUT2D eigenvalue weighted by Gasteiger charge is 2.38. The Morgan fingerprint density at radius 2 is 1.72 bits per heavy atom. The van der Waals surface area contributed by atoms with Gasteiger partial charge in [0.15, 0.2) is 0 Å². The maximum atomic E-state index is 12.9. The first-order chi connectivity index (χ1) is 15.2. The van der Waals surface area contributed by atoms with E-state index in [-0.39, 0.29) is 5.92 Å². The van der Waals surface area contributed by atoms with Gasteiger partial charge in [-0.15, -0.1) is 0 Å². The smallest absolute Gasteiger partial charge is 0.475 e. The second-order valence-corrected chi connectivity index (χ2v) is 8.31. The number of carboxylic acids is 1. The largest absolute Gasteiger partial charge is 0.490 e. The van der Waals surface area contributed by atoms with Crippen molar-refractivity contribution >= 4 is 11.9 Å². The van der Waals surface area contributed by atoms with Crippen molar-refractivity contribution in [2.24, 2.45) is 5.92 Å². The van der Waals surface area contributed by atoms with Gasteiger partial charge in [-0.05, 0) is 31.7 Å². The quantitative estimate of drug-likeness (QED) is 0.703. The molecule has 1 saturated carbocycles. The van der Waals surface area contributed by atoms with Crippen LogP contribution in [0.2, 0.25) is 0 Å². The van der Waals surface area contributed by atoms with Crippen LogP contribution in [0, 0.1) is 12.8 Å². The van der Waals surface area contributed by atoms with Crippen LogP contribution in [0.25, 0.3) is 11.3 Å². The Kier molecular flexibility index (Phi) is 7.58. The minimum atomic E-state index is -5.08. The molecular weight excluding hydrogens is 423 g/mol. The van der Waals surface area contributed by atoms with Gasteiger partial charge < -0.3 is 10.0 Å². The van der Waals surface area contributed by atoms with Crippen LogP contribution in [-0.2, 0) is 22.4 Å². The minimum Gasteiger partial charge on any atom is -0.475 e. The number of halogens is 3. The number of aromatic nitrogens is 2. The van der Waals surface area contributed by atoms with Crippen LogP contribution >= 0.6 is 0 Å². The number of hydrogen-bond acceptors (Lipinski definition) is 3. The monoisotopic (exact) mass is 451 g/mol. The molecule has 1 aromatic carbocycles. The summed E-state index contributed by atoms with van der Waals surface area (Å²) in [7, 11) is 0. The number of fused-ring (bicyclic) bond motifs is 1. The molecule has 2 aromatic rings. The zero-order valence-corrected chi connectivity index (χ0v) is 18.0. The molecular formula is C23H28F3N3O3. The lowest BCUT2D eigenvalue weighted by atomic mass is 9.88. The molecule has 0 unspecified atom stereocenters. The summed E-state index contributed by atoms with van der Waals surface area (Å²) < 4.78 is 31.7. The molecule has 1 aliphatic carbocycles. The minimum absolute atomic E-state index is 0.263. The molecule has 1 aromatic heterocycles. The van der Waals surface area contributed by atoms with Crippen LogP contribution in [0.3, 0.4) is 0 Å². The predicted molar refractivity (Wildman–Crippen MR) is 113 cm³/mol. The summed E-state index contributed by atoms with van der Waals surface area (Å²) >= 11 is 0. The van der Waals surface area contributed by atoms with Crippen LogP contribution in [-0.4, -0.2) is 51.3 Å². The number of amides is 1. The average Bonchev–Trinajstić information content (AvgIpc) is 3.04. The number of carbonyl (C=O) groups excluding carboxylic acids is 1. The molecule has 0 spiro atoms. The zero-order chi connectivity index (χ0) is 23.3. The Morgan fingerprint density at radius 3 is 2.34 bits per heavy atom. The number of benzene rings is 1. The Balaban J connectivity index is 0.000000360. The summed E-state index contributed by atoms with van der Waals surface area (Å²) in [6.45, 7) is 3.77. The van der Waals surface area contributed by atoms with E-state index < -0.39 is 12.1 Å². The van der Waals surface area contributed by atoms with E-state index in [0.29, 0.717) is 5.91 Å². The summed E-state index contributed by atoms with van der Waals surface area (Å²) in [5.74, 6) is -2.11. The third-order valence-electron chi connectivity index (χ3n) is 6.13. The fourth-order valence-corrected chi connectivity index (χ4v) is 4.37. The van der Waals surface area contributed by atoms with Gasteiger partial charge in [0.05, 0.1) is 5.69 Å². The van der Waals surface area contributed by atoms with Crippen LogP contribution in [0.4, 0.5) is 13.2 Å². The molecule has 1 aliphatic heterocycles. The van der Waals surface area contributed by atoms with Gasteiger partial charge in [-0.1, -0.05) is 43.5 Å². The van der Waals surface area contributed by atoms with E-state index >= 15 is 0 Å². The number of carboxylic acid groups (broad SMARTS) is 1. The molecule has 2 heterocycles. The van der Waals surface area contributed by atoms with E-state index in [4.69, 9.17) is 9.90 Å². The summed E-state index contributed by atoms with van der Waals surface area (Å²) in [5.41, 5.74) is 6.02. The van der Waals surface area contributed by atoms with Crippen molar-refractivity contribution in [2.45, 2.75) is 58.0 Å². The van der Waals surface area contributed by atoms with Crippen molar-refractivity contribution in [3.05, 3.63) is 41.1 Å². The van der Waals surface area contributed by atoms with Crippen molar-refractivity contribution in [1.82, 2.24) is 15.1 Å². The highest BCUT2D eigenvalue weighted by molar-refractivity contribution is 5.79. The fraction of sp³-hybridized carbons (Fsp3) is 0.522. The second-order valence-electron chi connectivity index (χ2n) is 8.31. The molecule has 174 valence electrons. The highest BCUT2D eigenvalue weighted by atomic mass is 19.4. The van der Waals surface area contributed by atoms with Crippen molar-refractivity contribution in [3.8, 4) is 11.3 Å². The third-order valence-corrected chi connectivity index (χ3v) is 6.13. The molecule has 0 radical (unpaired) electrons. The lowest BCUT2D eigenvalue weighted by molar-refractivity contribution is -0.192. The third kappa shape index (κ3) is 5.69. The molecule has 0 atom stereocenters. The highest BCUT2D eigenvalue weighted by Crippen LogP contribution is 2.30. The number of aromatic amines is 1. The Bertz CT molecular complexity index is 949. The Hall–Kier alpha value is -2.84. The van der Waals surface area contributed by atoms with E-state index in [1.807, 2.05) is 0 Å². The van der Waals surface area contributed by atoms with Gasteiger partial charge >= 0.3 is 12.1 Å². The van der Waals surface area contributed by atoms with E-state index in [1.165, 1.54) is 41.6 Å². The number of H-pyrrole nitrogens is 1. The molecule has 0 bridgehead atoms. The molecule has 2 aliphatic rings. The second kappa shape index (κ2) is 10.2. The lowest BCUT2D eigenvalue weighted by Gasteiger charge is -2.28. The van der Waals surface area contributed by atoms with Gasteiger partial charge in [-0.25, -0.2) is 4.79 Å². The number of alkyl halides is 3. The van der Waals surface area contributed by atoms with Crippen LogP contribution < -0.4 is 0 Å². The summed E-state index contributed by atoms with van der Waals surface area (Å²) in [5, 5.41) is 15.0. The van der Waals surface area contributed by atoms with Crippen molar-refractivity contribution in [1.29, 1.82) is 0 Å². The first-order valence-corrected chi connectivity index (χ1v) is 10.9. The van der Waals surface area contributed by atoms with Crippen LogP contribution in [0.15, 0.2) is 24.3 Å². The van der Waals surface area contributed by atoms with Gasteiger partial charge in [0.1, 0.15) is 0 Å². The average molecular weight is 451 g/mol. The van der Waals surface area contributed by atoms with E-state index in [1.54, 1.807) is 0 Å². The number of carbonyl (C=O) groups is 2. The number of aryl methyl sites for hydroxylation is 1. The van der Waals surface area contributed by atoms with Gasteiger partial charge in [0.25, 0.3) is 0 Å². The van der Waals surface area contributed by atoms with Gasteiger partial charge in [-0.3, -0.25) is 9.89 Å². The first kappa shape index (κ1) is 23.8. The molecule has 2 N–H and O–H groups in total. The summed E-state index contributed by atoms with van der Waals surface area (Å²) in [6, 6.07) is 8.40. The number of nitrogens with zero attached hydrogens (tertiary/aromatic N) is 2. The fourth-order valence-electron chi connectivity index (χ4n) is 4.37. The Morgan fingerprint density at radius 1 is 1.09 bits per heavy atom. The SMILES string of the molecule is Cc1ccccc1-c1n[nH]c2c1CCN(C(=O)C1CCCCC1)CC2.O=C(O)C(F)(F)F. The van der Waals surface area contributed by atoms with Gasteiger partial charge in [-0.2, -0.15) is 18.3 Å². The van der Waals surface area contributed by atoms with E-state index in [0.717, 1.165) is 44.5 Å². The van der Waals surface area contributed by atoms with Crippen molar-refractivity contribution in [3.63, 3.8) is 0 Å². The van der Waals surface area contributed by atoms with E-state index in [2.05, 4.69) is 46.3 Å². The normalized spacial score (nSPS) is 17.1. The van der Waals surface area contributed by atoms with Crippen LogP contribution in [0.1, 0.15) is 48.9 Å². The number of aliphatic carboxylic acids is 1. The Labute approximate surface area is 184 Å². The molecule has 1 fully saturated rings. The lowest BCUT2D eigenvalue weighted by Crippen LogP contribution is -2.38. The molecule has 4 rings (SSSR count). The maximum Gasteiger partial charge on any atom is 0.490 e. The molecule has 1 amide bonds. The number of rotatable bonds is 2. The molecule has 6 nitrogen and oxygen atoms in total. The molecule has 32 heavy (non-hydrogen) atoms. The van der Waals surface area contributed by atoms with Crippen molar-refractivity contribution < 1.29 is 27.9 Å². The predicted octanol–water partition coefficient (Wildman–Crippen LogP) is 4.53. The number of nitrogens with one attached hydrogen (secondary N) is 1. The van der Waals surface area contributed by atoms with Gasteiger partial charge in [0, 0.05) is 42.2 Å². The summed E-state index contributed by atoms with van der Waals surface area (Å²) in [4.78, 5) is 23.9. The standard InChI is InChI=1S/C21H27N3O.C2HF3O2/c1-15-7-5-6-10-17(15)20-18-11-13-24(14-12-19(18)22-23-20)21(25)16-8-3-2-4-9-16;3-2(4,5)1(6)7/h5-7,10,16H,2-4,8-9,11-14H2,1H3,(H,22,23);(H,6,7). The van der Waals surface area contributed by atoms with Crippen molar-refractivity contribution in [2.75, 3.05) is 13.1 Å². The zero-order valence-electron chi connectivity index (χ0n) is 18.0. The topological polar surface area (TPSA) is 86.3 Å². The van der Waals surface area contributed by atoms with Crippen LogP contribution in [0.5, 0.6) is 0 Å². The van der Waals surface area contributed by atoms with E-state index in [9.17, 15) is 18.0 Å².